The fraction of sp³-hybridized carbons (Fsp3) is 0.500. The first-order valence-electron chi connectivity index (χ1n) is 8.40. The Morgan fingerprint density at radius 1 is 1.39 bits per heavy atom. The van der Waals surface area contributed by atoms with Gasteiger partial charge in [-0.2, -0.15) is 0 Å². The molecular formula is C18H24N4O. The number of unbranched alkanes of at least 4 members (excludes halogenated alkanes) is 1. The van der Waals surface area contributed by atoms with Crippen LogP contribution >= 0.6 is 0 Å². The maximum atomic E-state index is 12.8. The third-order valence-electron chi connectivity index (χ3n) is 4.62. The Bertz CT molecular complexity index is 620. The van der Waals surface area contributed by atoms with E-state index in [2.05, 4.69) is 22.2 Å². The molecule has 1 atom stereocenters. The molecule has 1 fully saturated rings. The lowest BCUT2D eigenvalue weighted by Crippen LogP contribution is -2.37. The quantitative estimate of drug-likeness (QED) is 0.815. The van der Waals surface area contributed by atoms with Crippen LogP contribution < -0.4 is 5.32 Å². The minimum absolute atomic E-state index is 0.0522. The van der Waals surface area contributed by atoms with Crippen molar-refractivity contribution in [3.05, 3.63) is 48.8 Å². The van der Waals surface area contributed by atoms with Crippen LogP contribution in [-0.4, -0.2) is 20.4 Å². The summed E-state index contributed by atoms with van der Waals surface area (Å²) in [6, 6.07) is 4.03. The third-order valence-corrected chi connectivity index (χ3v) is 4.62. The van der Waals surface area contributed by atoms with Crippen LogP contribution in [-0.2, 0) is 11.3 Å². The van der Waals surface area contributed by atoms with Crippen molar-refractivity contribution < 1.29 is 4.79 Å². The van der Waals surface area contributed by atoms with E-state index in [0.29, 0.717) is 6.54 Å². The summed E-state index contributed by atoms with van der Waals surface area (Å²) in [4.78, 5) is 21.1. The van der Waals surface area contributed by atoms with Crippen LogP contribution in [0.3, 0.4) is 0 Å². The molecule has 0 aromatic carbocycles. The second-order valence-corrected chi connectivity index (χ2v) is 6.47. The Hall–Kier alpha value is -2.17. The van der Waals surface area contributed by atoms with Crippen molar-refractivity contribution in [2.24, 2.45) is 5.41 Å². The molecule has 0 unspecified atom stereocenters. The highest BCUT2D eigenvalue weighted by atomic mass is 16.2. The van der Waals surface area contributed by atoms with Gasteiger partial charge in [-0.25, -0.2) is 4.98 Å². The zero-order valence-electron chi connectivity index (χ0n) is 13.6. The molecule has 0 radical (unpaired) electrons. The number of aromatic nitrogens is 3. The van der Waals surface area contributed by atoms with Crippen molar-refractivity contribution >= 4 is 5.91 Å². The van der Waals surface area contributed by atoms with Crippen LogP contribution in [0.15, 0.2) is 43.2 Å². The van der Waals surface area contributed by atoms with Gasteiger partial charge in [-0.3, -0.25) is 9.78 Å². The van der Waals surface area contributed by atoms with E-state index in [1.54, 1.807) is 18.7 Å². The highest BCUT2D eigenvalue weighted by Gasteiger charge is 2.50. The number of nitrogens with one attached hydrogen (secondary N) is 1. The summed E-state index contributed by atoms with van der Waals surface area (Å²) in [5.41, 5.74) is 0.834. The maximum absolute atomic E-state index is 12.8. The molecule has 1 N–H and O–H groups in total. The topological polar surface area (TPSA) is 59.8 Å². The molecular weight excluding hydrogens is 288 g/mol. The van der Waals surface area contributed by atoms with Crippen molar-refractivity contribution in [3.8, 4) is 0 Å². The summed E-state index contributed by atoms with van der Waals surface area (Å²) in [5, 5.41) is 3.27. The van der Waals surface area contributed by atoms with Crippen LogP contribution in [0.4, 0.5) is 0 Å². The monoisotopic (exact) mass is 312 g/mol. The lowest BCUT2D eigenvalue weighted by molar-refractivity contribution is -0.127. The molecule has 0 saturated heterocycles. The van der Waals surface area contributed by atoms with Crippen LogP contribution in [0.2, 0.25) is 0 Å². The minimum atomic E-state index is -0.257. The van der Waals surface area contributed by atoms with Gasteiger partial charge in [-0.05, 0) is 30.9 Å². The Morgan fingerprint density at radius 2 is 2.26 bits per heavy atom. The molecule has 5 nitrogen and oxygen atoms in total. The van der Waals surface area contributed by atoms with Gasteiger partial charge in [-0.15, -0.1) is 0 Å². The van der Waals surface area contributed by atoms with Crippen LogP contribution in [0.25, 0.3) is 0 Å². The van der Waals surface area contributed by atoms with Crippen molar-refractivity contribution in [1.82, 2.24) is 19.9 Å². The van der Waals surface area contributed by atoms with E-state index < -0.39 is 0 Å². The number of carbonyl (C=O) groups is 1. The number of amides is 1. The first-order valence-corrected chi connectivity index (χ1v) is 8.40. The average Bonchev–Trinajstić information content (AvgIpc) is 3.18. The highest BCUT2D eigenvalue weighted by molar-refractivity contribution is 5.85. The second kappa shape index (κ2) is 6.94. The first kappa shape index (κ1) is 15.7. The number of hydrogen-bond acceptors (Lipinski definition) is 3. The van der Waals surface area contributed by atoms with E-state index in [-0.39, 0.29) is 17.4 Å². The molecule has 1 amide bonds. The second-order valence-electron chi connectivity index (χ2n) is 6.47. The lowest BCUT2D eigenvalue weighted by atomic mass is 10.00. The molecule has 5 heteroatoms. The van der Waals surface area contributed by atoms with E-state index in [9.17, 15) is 4.79 Å². The summed E-state index contributed by atoms with van der Waals surface area (Å²) in [5.74, 6) is 0.163. The molecule has 1 aliphatic rings. The molecule has 23 heavy (non-hydrogen) atoms. The number of hydrogen-bond donors (Lipinski definition) is 1. The molecule has 3 rings (SSSR count). The smallest absolute Gasteiger partial charge is 0.228 e. The molecule has 122 valence electrons. The number of carbonyl (C=O) groups excluding carboxylic acids is 1. The number of rotatable bonds is 8. The van der Waals surface area contributed by atoms with Crippen molar-refractivity contribution in [2.75, 3.05) is 0 Å². The predicted molar refractivity (Wildman–Crippen MR) is 88.5 cm³/mol. The van der Waals surface area contributed by atoms with Gasteiger partial charge in [0.2, 0.25) is 5.91 Å². The molecule has 1 aliphatic carbocycles. The largest absolute Gasteiger partial charge is 0.349 e. The molecule has 0 spiro atoms. The van der Waals surface area contributed by atoms with Crippen LogP contribution in [0.5, 0.6) is 0 Å². The van der Waals surface area contributed by atoms with Crippen molar-refractivity contribution in [3.63, 3.8) is 0 Å². The van der Waals surface area contributed by atoms with Gasteiger partial charge in [0, 0.05) is 31.3 Å². The molecule has 2 heterocycles. The summed E-state index contributed by atoms with van der Waals surface area (Å²) >= 11 is 0. The van der Waals surface area contributed by atoms with Crippen LogP contribution in [0.1, 0.15) is 50.6 Å². The van der Waals surface area contributed by atoms with Gasteiger partial charge < -0.3 is 9.88 Å². The van der Waals surface area contributed by atoms with E-state index in [1.807, 2.05) is 29.1 Å². The molecule has 1 saturated carbocycles. The zero-order valence-corrected chi connectivity index (χ0v) is 13.6. The number of pyridine rings is 1. The highest BCUT2D eigenvalue weighted by Crippen LogP contribution is 2.47. The lowest BCUT2D eigenvalue weighted by Gasteiger charge is -2.23. The SMILES string of the molecule is CCCC[C@H](NC(=O)C1(Cn2ccnc2)CC1)c1cccnc1. The van der Waals surface area contributed by atoms with Gasteiger partial charge in [0.15, 0.2) is 0 Å². The fourth-order valence-electron chi connectivity index (χ4n) is 2.96. The number of nitrogens with zero attached hydrogens (tertiary/aromatic N) is 3. The number of imidazole rings is 1. The molecule has 0 bridgehead atoms. The Balaban J connectivity index is 1.68. The Morgan fingerprint density at radius 3 is 2.87 bits per heavy atom. The van der Waals surface area contributed by atoms with Gasteiger partial charge in [0.25, 0.3) is 0 Å². The fourth-order valence-corrected chi connectivity index (χ4v) is 2.96. The Kier molecular flexibility index (Phi) is 4.74. The minimum Gasteiger partial charge on any atom is -0.349 e. The maximum Gasteiger partial charge on any atom is 0.228 e. The summed E-state index contributed by atoms with van der Waals surface area (Å²) < 4.78 is 2.00. The summed E-state index contributed by atoms with van der Waals surface area (Å²) in [7, 11) is 0. The summed E-state index contributed by atoms with van der Waals surface area (Å²) in [6.45, 7) is 2.88. The molecule has 0 aliphatic heterocycles. The predicted octanol–water partition coefficient (Wildman–Crippen LogP) is 3.11. The van der Waals surface area contributed by atoms with Gasteiger partial charge in [0.1, 0.15) is 0 Å². The van der Waals surface area contributed by atoms with E-state index in [0.717, 1.165) is 37.7 Å². The zero-order chi connectivity index (χ0) is 16.1. The third kappa shape index (κ3) is 3.78. The normalized spacial score (nSPS) is 16.7. The standard InChI is InChI=1S/C18H24N4O/c1-2-3-6-16(15-5-4-9-19-12-15)21-17(23)18(7-8-18)13-22-11-10-20-14-22/h4-5,9-12,14,16H,2-3,6-8,13H2,1H3,(H,21,23)/t16-/m0/s1. The first-order chi connectivity index (χ1) is 11.2. The van der Waals surface area contributed by atoms with Crippen molar-refractivity contribution in [1.29, 1.82) is 0 Å². The van der Waals surface area contributed by atoms with Gasteiger partial charge in [-0.1, -0.05) is 25.8 Å². The van der Waals surface area contributed by atoms with E-state index in [4.69, 9.17) is 0 Å². The molecule has 2 aromatic rings. The van der Waals surface area contributed by atoms with Crippen LogP contribution in [0, 0.1) is 5.41 Å². The van der Waals surface area contributed by atoms with Gasteiger partial charge in [0.05, 0.1) is 17.8 Å². The van der Waals surface area contributed by atoms with E-state index in [1.165, 1.54) is 0 Å². The Labute approximate surface area is 137 Å². The van der Waals surface area contributed by atoms with E-state index >= 15 is 0 Å². The van der Waals surface area contributed by atoms with Crippen molar-refractivity contribution in [2.45, 2.75) is 51.6 Å². The summed E-state index contributed by atoms with van der Waals surface area (Å²) in [6.07, 6.45) is 14.1. The average molecular weight is 312 g/mol. The molecule has 2 aromatic heterocycles. The van der Waals surface area contributed by atoms with Gasteiger partial charge >= 0.3 is 0 Å².